The zero-order valence-corrected chi connectivity index (χ0v) is 14.6. The van der Waals surface area contributed by atoms with Gasteiger partial charge in [-0.05, 0) is 56.2 Å². The Balaban J connectivity index is 1.67. The van der Waals surface area contributed by atoms with Crippen LogP contribution in [0.25, 0.3) is 0 Å². The van der Waals surface area contributed by atoms with Gasteiger partial charge in [0.1, 0.15) is 0 Å². The summed E-state index contributed by atoms with van der Waals surface area (Å²) < 4.78 is 5.84. The Morgan fingerprint density at radius 2 is 2.25 bits per heavy atom. The third-order valence-corrected chi connectivity index (χ3v) is 5.15. The molecule has 2 N–H and O–H groups in total. The summed E-state index contributed by atoms with van der Waals surface area (Å²) in [5.41, 5.74) is 3.32. The van der Waals surface area contributed by atoms with Crippen molar-refractivity contribution in [2.75, 3.05) is 13.2 Å². The lowest BCUT2D eigenvalue weighted by molar-refractivity contribution is 0.0838. The molecule has 4 heterocycles. The molecule has 0 spiro atoms. The lowest BCUT2D eigenvalue weighted by Crippen LogP contribution is -2.36. The van der Waals surface area contributed by atoms with E-state index in [0.29, 0.717) is 0 Å². The summed E-state index contributed by atoms with van der Waals surface area (Å²) in [4.78, 5) is 10.3. The number of aromatic nitrogens is 2. The first-order valence-corrected chi connectivity index (χ1v) is 8.88. The second-order valence-corrected chi connectivity index (χ2v) is 6.90. The van der Waals surface area contributed by atoms with Gasteiger partial charge in [0.25, 0.3) is 0 Å². The highest BCUT2D eigenvalue weighted by molar-refractivity contribution is 7.80. The quantitative estimate of drug-likeness (QED) is 0.837. The second kappa shape index (κ2) is 6.53. The van der Waals surface area contributed by atoms with E-state index in [1.807, 2.05) is 18.3 Å². The standard InChI is InChI=1S/C18H22N4OS/c1-12-7-8-15(20-12)17-16(14-6-2-3-9-19-14)21-18(24)22(17)11-13-5-4-10-23-13/h2-3,6-9,13,16-17,20H,4-5,10-11H2,1H3,(H,21,24)/t13-,16-,17-/m0/s1. The highest BCUT2D eigenvalue weighted by atomic mass is 32.1. The zero-order valence-electron chi connectivity index (χ0n) is 13.7. The molecule has 2 aliphatic heterocycles. The second-order valence-electron chi connectivity index (χ2n) is 6.51. The van der Waals surface area contributed by atoms with Gasteiger partial charge in [0, 0.05) is 30.7 Å². The number of aryl methyl sites for hydroxylation is 1. The SMILES string of the molecule is Cc1ccc([C@H]2[C@H](c3ccccn3)NC(=S)N2C[C@@H]2CCCO2)[nH]1. The Morgan fingerprint density at radius 1 is 1.33 bits per heavy atom. The summed E-state index contributed by atoms with van der Waals surface area (Å²) in [5, 5.41) is 4.25. The van der Waals surface area contributed by atoms with Crippen LogP contribution in [-0.2, 0) is 4.74 Å². The van der Waals surface area contributed by atoms with Crippen LogP contribution >= 0.6 is 12.2 Å². The Labute approximate surface area is 147 Å². The number of rotatable bonds is 4. The van der Waals surface area contributed by atoms with Crippen molar-refractivity contribution in [2.24, 2.45) is 0 Å². The maximum atomic E-state index is 5.84. The van der Waals surface area contributed by atoms with E-state index < -0.39 is 0 Å². The molecule has 0 aliphatic carbocycles. The minimum absolute atomic E-state index is 0.0400. The van der Waals surface area contributed by atoms with Crippen molar-refractivity contribution in [1.82, 2.24) is 20.2 Å². The zero-order chi connectivity index (χ0) is 16.5. The molecule has 0 amide bonds. The molecule has 2 aliphatic rings. The molecule has 2 aromatic heterocycles. The Morgan fingerprint density at radius 3 is 2.92 bits per heavy atom. The molecular formula is C18H22N4OS. The van der Waals surface area contributed by atoms with Crippen LogP contribution in [0, 0.1) is 6.92 Å². The maximum Gasteiger partial charge on any atom is 0.170 e. The predicted molar refractivity (Wildman–Crippen MR) is 96.7 cm³/mol. The van der Waals surface area contributed by atoms with Gasteiger partial charge in [-0.15, -0.1) is 0 Å². The average Bonchev–Trinajstić information content (AvgIpc) is 3.31. The van der Waals surface area contributed by atoms with Gasteiger partial charge in [-0.2, -0.15) is 0 Å². The van der Waals surface area contributed by atoms with Crippen molar-refractivity contribution in [3.8, 4) is 0 Å². The van der Waals surface area contributed by atoms with Crippen LogP contribution in [0.1, 0.15) is 42.0 Å². The molecule has 24 heavy (non-hydrogen) atoms. The van der Waals surface area contributed by atoms with Crippen molar-refractivity contribution >= 4 is 17.3 Å². The van der Waals surface area contributed by atoms with Crippen molar-refractivity contribution in [3.63, 3.8) is 0 Å². The first-order valence-electron chi connectivity index (χ1n) is 8.47. The van der Waals surface area contributed by atoms with E-state index in [1.165, 1.54) is 0 Å². The van der Waals surface area contributed by atoms with Gasteiger partial charge in [0.15, 0.2) is 5.11 Å². The molecule has 0 radical (unpaired) electrons. The number of nitrogens with zero attached hydrogens (tertiary/aromatic N) is 2. The maximum absolute atomic E-state index is 5.84. The van der Waals surface area contributed by atoms with E-state index in [2.05, 4.69) is 45.3 Å². The van der Waals surface area contributed by atoms with Gasteiger partial charge in [-0.25, -0.2) is 0 Å². The van der Waals surface area contributed by atoms with Crippen molar-refractivity contribution in [1.29, 1.82) is 0 Å². The fraction of sp³-hybridized carbons (Fsp3) is 0.444. The van der Waals surface area contributed by atoms with Gasteiger partial charge in [0.05, 0.1) is 23.9 Å². The number of pyridine rings is 1. The average molecular weight is 342 g/mol. The molecule has 3 atom stereocenters. The number of thiocarbonyl (C=S) groups is 1. The van der Waals surface area contributed by atoms with Gasteiger partial charge in [-0.3, -0.25) is 4.98 Å². The van der Waals surface area contributed by atoms with E-state index in [4.69, 9.17) is 17.0 Å². The van der Waals surface area contributed by atoms with E-state index in [-0.39, 0.29) is 18.2 Å². The topological polar surface area (TPSA) is 53.2 Å². The minimum atomic E-state index is 0.0400. The van der Waals surface area contributed by atoms with Crippen LogP contribution in [-0.4, -0.2) is 39.2 Å². The summed E-state index contributed by atoms with van der Waals surface area (Å²) >= 11 is 5.65. The van der Waals surface area contributed by atoms with Crippen molar-refractivity contribution < 1.29 is 4.74 Å². The summed E-state index contributed by atoms with van der Waals surface area (Å²) in [5.74, 6) is 0. The van der Waals surface area contributed by atoms with E-state index in [9.17, 15) is 0 Å². The fourth-order valence-electron chi connectivity index (χ4n) is 3.65. The number of aromatic amines is 1. The third kappa shape index (κ3) is 2.91. The van der Waals surface area contributed by atoms with Crippen LogP contribution in [0.2, 0.25) is 0 Å². The molecule has 2 saturated heterocycles. The van der Waals surface area contributed by atoms with E-state index in [1.54, 1.807) is 0 Å². The molecule has 0 saturated carbocycles. The highest BCUT2D eigenvalue weighted by Gasteiger charge is 2.41. The highest BCUT2D eigenvalue weighted by Crippen LogP contribution is 2.38. The normalized spacial score (nSPS) is 26.8. The fourth-order valence-corrected chi connectivity index (χ4v) is 3.96. The Bertz CT molecular complexity index is 711. The Hall–Kier alpha value is -1.92. The molecule has 0 aromatic carbocycles. The van der Waals surface area contributed by atoms with Crippen LogP contribution in [0.5, 0.6) is 0 Å². The monoisotopic (exact) mass is 342 g/mol. The first-order chi connectivity index (χ1) is 11.7. The van der Waals surface area contributed by atoms with Crippen LogP contribution in [0.15, 0.2) is 36.5 Å². The van der Waals surface area contributed by atoms with Gasteiger partial charge < -0.3 is 19.9 Å². The number of nitrogens with one attached hydrogen (secondary N) is 2. The number of hydrogen-bond donors (Lipinski definition) is 2. The molecule has 126 valence electrons. The molecule has 6 heteroatoms. The third-order valence-electron chi connectivity index (χ3n) is 4.80. The summed E-state index contributed by atoms with van der Waals surface area (Å²) in [7, 11) is 0. The number of H-pyrrole nitrogens is 1. The van der Waals surface area contributed by atoms with Crippen molar-refractivity contribution in [2.45, 2.75) is 38.0 Å². The molecule has 2 fully saturated rings. The molecule has 2 aromatic rings. The first kappa shape index (κ1) is 15.6. The smallest absolute Gasteiger partial charge is 0.170 e. The number of ether oxygens (including phenoxy) is 1. The molecule has 0 bridgehead atoms. The lowest BCUT2D eigenvalue weighted by Gasteiger charge is -2.29. The Kier molecular flexibility index (Phi) is 4.24. The molecule has 5 nitrogen and oxygen atoms in total. The van der Waals surface area contributed by atoms with Gasteiger partial charge >= 0.3 is 0 Å². The summed E-state index contributed by atoms with van der Waals surface area (Å²) in [6, 6.07) is 10.4. The molecular weight excluding hydrogens is 320 g/mol. The summed E-state index contributed by atoms with van der Waals surface area (Å²) in [6.07, 6.45) is 4.32. The largest absolute Gasteiger partial charge is 0.376 e. The molecule has 0 unspecified atom stereocenters. The van der Waals surface area contributed by atoms with Gasteiger partial charge in [0.2, 0.25) is 0 Å². The van der Waals surface area contributed by atoms with Gasteiger partial charge in [-0.1, -0.05) is 6.07 Å². The summed E-state index contributed by atoms with van der Waals surface area (Å²) in [6.45, 7) is 3.75. The minimum Gasteiger partial charge on any atom is -0.376 e. The van der Waals surface area contributed by atoms with E-state index in [0.717, 1.165) is 48.2 Å². The van der Waals surface area contributed by atoms with Crippen LogP contribution < -0.4 is 5.32 Å². The number of hydrogen-bond acceptors (Lipinski definition) is 3. The van der Waals surface area contributed by atoms with Crippen LogP contribution in [0.3, 0.4) is 0 Å². The predicted octanol–water partition coefficient (Wildman–Crippen LogP) is 2.87. The molecule has 4 rings (SSSR count). The van der Waals surface area contributed by atoms with Crippen molar-refractivity contribution in [3.05, 3.63) is 53.6 Å². The van der Waals surface area contributed by atoms with Crippen LogP contribution in [0.4, 0.5) is 0 Å². The van der Waals surface area contributed by atoms with E-state index >= 15 is 0 Å². The lowest BCUT2D eigenvalue weighted by atomic mass is 10.0.